The highest BCUT2D eigenvalue weighted by atomic mass is 19.1. The minimum atomic E-state index is -0.472. The van der Waals surface area contributed by atoms with E-state index in [2.05, 4.69) is 4.99 Å². The first-order valence-electron chi connectivity index (χ1n) is 6.94. The smallest absolute Gasteiger partial charge is 0.196 e. The van der Waals surface area contributed by atoms with E-state index in [0.717, 1.165) is 11.3 Å². The monoisotopic (exact) mass is 283 g/mol. The molecule has 3 rings (SSSR count). The van der Waals surface area contributed by atoms with E-state index in [1.807, 2.05) is 48.2 Å². The number of nitrogens with zero attached hydrogens (tertiary/aromatic N) is 2. The van der Waals surface area contributed by atoms with E-state index in [1.54, 1.807) is 19.1 Å². The summed E-state index contributed by atoms with van der Waals surface area (Å²) >= 11 is 0. The fourth-order valence-electron chi connectivity index (χ4n) is 2.77. The van der Waals surface area contributed by atoms with Gasteiger partial charge in [0.25, 0.3) is 0 Å². The summed E-state index contributed by atoms with van der Waals surface area (Å²) in [5.74, 6) is 0.261. The summed E-state index contributed by atoms with van der Waals surface area (Å²) < 4.78 is 13.9. The number of hydrogen-bond acceptors (Lipinski definition) is 3. The molecule has 0 spiro atoms. The van der Waals surface area contributed by atoms with Gasteiger partial charge in [0.05, 0.1) is 12.1 Å². The largest absolute Gasteiger partial charge is 0.369 e. The quantitative estimate of drug-likeness (QED) is 0.919. The predicted molar refractivity (Wildman–Crippen MR) is 83.9 cm³/mol. The Bertz CT molecular complexity index is 696. The highest BCUT2D eigenvalue weighted by Crippen LogP contribution is 2.37. The molecule has 0 fully saturated rings. The number of guanidine groups is 1. The molecule has 3 nitrogen and oxygen atoms in total. The van der Waals surface area contributed by atoms with Crippen LogP contribution in [-0.2, 0) is 5.54 Å². The molecule has 1 aliphatic heterocycles. The molecular formula is C17H18FN3. The summed E-state index contributed by atoms with van der Waals surface area (Å²) in [4.78, 5) is 6.34. The van der Waals surface area contributed by atoms with Crippen molar-refractivity contribution in [1.29, 1.82) is 0 Å². The van der Waals surface area contributed by atoms with Crippen LogP contribution in [0.3, 0.4) is 0 Å². The molecule has 1 unspecified atom stereocenters. The van der Waals surface area contributed by atoms with Crippen molar-refractivity contribution < 1.29 is 4.39 Å². The maximum absolute atomic E-state index is 13.9. The van der Waals surface area contributed by atoms with Crippen LogP contribution >= 0.6 is 0 Å². The summed E-state index contributed by atoms with van der Waals surface area (Å²) in [6, 6.07) is 15.2. The first kappa shape index (κ1) is 13.6. The number of benzene rings is 2. The second kappa shape index (κ2) is 4.88. The van der Waals surface area contributed by atoms with Gasteiger partial charge in [0.15, 0.2) is 5.96 Å². The second-order valence-corrected chi connectivity index (χ2v) is 5.58. The van der Waals surface area contributed by atoms with Crippen LogP contribution in [0, 0.1) is 12.7 Å². The molecule has 108 valence electrons. The van der Waals surface area contributed by atoms with Crippen LogP contribution < -0.4 is 10.6 Å². The zero-order valence-corrected chi connectivity index (χ0v) is 12.2. The van der Waals surface area contributed by atoms with Gasteiger partial charge in [-0.15, -0.1) is 0 Å². The van der Waals surface area contributed by atoms with Crippen LogP contribution in [0.15, 0.2) is 53.5 Å². The number of aryl methyl sites for hydroxylation is 1. The Labute approximate surface area is 123 Å². The molecule has 4 heteroatoms. The maximum Gasteiger partial charge on any atom is 0.196 e. The number of rotatable bonds is 2. The minimum absolute atomic E-state index is 0.202. The molecule has 0 amide bonds. The molecule has 21 heavy (non-hydrogen) atoms. The van der Waals surface area contributed by atoms with Crippen LogP contribution in [0.1, 0.15) is 18.1 Å². The van der Waals surface area contributed by atoms with Crippen LogP contribution in [0.25, 0.3) is 0 Å². The normalized spacial score (nSPS) is 21.5. The average molecular weight is 283 g/mol. The Hall–Kier alpha value is -2.36. The van der Waals surface area contributed by atoms with E-state index < -0.39 is 5.54 Å². The third kappa shape index (κ3) is 2.17. The van der Waals surface area contributed by atoms with Gasteiger partial charge in [-0.25, -0.2) is 4.39 Å². The first-order chi connectivity index (χ1) is 10.0. The maximum atomic E-state index is 13.9. The van der Waals surface area contributed by atoms with Crippen molar-refractivity contribution in [2.75, 3.05) is 11.4 Å². The van der Waals surface area contributed by atoms with Crippen molar-refractivity contribution in [2.24, 2.45) is 10.7 Å². The number of halogens is 1. The molecule has 2 N–H and O–H groups in total. The van der Waals surface area contributed by atoms with Gasteiger partial charge in [0.1, 0.15) is 5.82 Å². The number of para-hydroxylation sites is 1. The molecule has 0 bridgehead atoms. The Morgan fingerprint density at radius 2 is 1.90 bits per heavy atom. The van der Waals surface area contributed by atoms with E-state index in [9.17, 15) is 4.39 Å². The van der Waals surface area contributed by atoms with Crippen molar-refractivity contribution >= 4 is 11.6 Å². The molecule has 0 aliphatic carbocycles. The van der Waals surface area contributed by atoms with Crippen LogP contribution in [-0.4, -0.2) is 12.5 Å². The topological polar surface area (TPSA) is 41.6 Å². The van der Waals surface area contributed by atoms with E-state index in [-0.39, 0.29) is 5.82 Å². The number of nitrogens with two attached hydrogens (primary N) is 1. The molecule has 1 aliphatic rings. The zero-order chi connectivity index (χ0) is 15.0. The van der Waals surface area contributed by atoms with Gasteiger partial charge in [-0.05, 0) is 43.2 Å². The Morgan fingerprint density at radius 1 is 1.19 bits per heavy atom. The molecule has 2 aromatic rings. The molecule has 0 saturated carbocycles. The summed E-state index contributed by atoms with van der Waals surface area (Å²) in [6.45, 7) is 4.31. The van der Waals surface area contributed by atoms with E-state index in [1.165, 1.54) is 0 Å². The van der Waals surface area contributed by atoms with E-state index in [0.29, 0.717) is 18.1 Å². The lowest BCUT2D eigenvalue weighted by Gasteiger charge is -2.36. The fourth-order valence-corrected chi connectivity index (χ4v) is 2.77. The van der Waals surface area contributed by atoms with Gasteiger partial charge in [-0.3, -0.25) is 4.99 Å². The van der Waals surface area contributed by atoms with Crippen molar-refractivity contribution in [2.45, 2.75) is 19.4 Å². The van der Waals surface area contributed by atoms with Crippen molar-refractivity contribution in [3.05, 3.63) is 65.5 Å². The van der Waals surface area contributed by atoms with Crippen molar-refractivity contribution in [3.8, 4) is 0 Å². The second-order valence-electron chi connectivity index (χ2n) is 5.58. The van der Waals surface area contributed by atoms with Crippen molar-refractivity contribution in [3.63, 3.8) is 0 Å². The lowest BCUT2D eigenvalue weighted by atomic mass is 9.90. The molecule has 0 aromatic heterocycles. The van der Waals surface area contributed by atoms with Gasteiger partial charge in [-0.2, -0.15) is 0 Å². The third-order valence-electron chi connectivity index (χ3n) is 4.08. The SMILES string of the molecule is Cc1ccc(C2(C)CN=C(N)N2c2ccccc2)cc1F. The Morgan fingerprint density at radius 3 is 2.57 bits per heavy atom. The zero-order valence-electron chi connectivity index (χ0n) is 12.2. The van der Waals surface area contributed by atoms with Crippen molar-refractivity contribution in [1.82, 2.24) is 0 Å². The molecular weight excluding hydrogens is 265 g/mol. The lowest BCUT2D eigenvalue weighted by Crippen LogP contribution is -2.47. The summed E-state index contributed by atoms with van der Waals surface area (Å²) in [5.41, 5.74) is 8.07. The molecule has 0 saturated heterocycles. The van der Waals surface area contributed by atoms with Gasteiger partial charge in [-0.1, -0.05) is 30.3 Å². The van der Waals surface area contributed by atoms with Crippen LogP contribution in [0.2, 0.25) is 0 Å². The van der Waals surface area contributed by atoms with Gasteiger partial charge in [0.2, 0.25) is 0 Å². The van der Waals surface area contributed by atoms with Gasteiger partial charge in [0, 0.05) is 5.69 Å². The van der Waals surface area contributed by atoms with Crippen LogP contribution in [0.4, 0.5) is 10.1 Å². The minimum Gasteiger partial charge on any atom is -0.369 e. The highest BCUT2D eigenvalue weighted by molar-refractivity contribution is 5.98. The van der Waals surface area contributed by atoms with Crippen LogP contribution in [0.5, 0.6) is 0 Å². The molecule has 1 atom stereocenters. The average Bonchev–Trinajstić information content (AvgIpc) is 2.79. The van der Waals surface area contributed by atoms with E-state index in [4.69, 9.17) is 5.73 Å². The molecule has 2 aromatic carbocycles. The number of aliphatic imine (C=N–C) groups is 1. The first-order valence-corrected chi connectivity index (χ1v) is 6.94. The van der Waals surface area contributed by atoms with E-state index >= 15 is 0 Å². The third-order valence-corrected chi connectivity index (χ3v) is 4.08. The van der Waals surface area contributed by atoms with Gasteiger partial charge < -0.3 is 10.6 Å². The summed E-state index contributed by atoms with van der Waals surface area (Å²) in [5, 5.41) is 0. The molecule has 1 heterocycles. The molecule has 0 radical (unpaired) electrons. The lowest BCUT2D eigenvalue weighted by molar-refractivity contribution is 0.524. The number of hydrogen-bond donors (Lipinski definition) is 1. The highest BCUT2D eigenvalue weighted by Gasteiger charge is 2.40. The summed E-state index contributed by atoms with van der Waals surface area (Å²) in [7, 11) is 0. The van der Waals surface area contributed by atoms with Gasteiger partial charge >= 0.3 is 0 Å². The Balaban J connectivity index is 2.09. The summed E-state index contributed by atoms with van der Waals surface area (Å²) in [6.07, 6.45) is 0. The fraction of sp³-hybridized carbons (Fsp3) is 0.235. The number of anilines is 1. The predicted octanol–water partition coefficient (Wildman–Crippen LogP) is 3.18. The standard InChI is InChI=1S/C17H18FN3/c1-12-8-9-13(10-15(12)18)17(2)11-20-16(19)21(17)14-6-4-3-5-7-14/h3-10H,11H2,1-2H3,(H2,19,20). The Kier molecular flexibility index (Phi) is 3.16.